The molecule has 0 aliphatic carbocycles. The first-order chi connectivity index (χ1) is 18.0. The summed E-state index contributed by atoms with van der Waals surface area (Å²) in [4.78, 5) is 31.7. The van der Waals surface area contributed by atoms with Crippen LogP contribution in [0.4, 0.5) is 0 Å². The van der Waals surface area contributed by atoms with Gasteiger partial charge in [0.15, 0.2) is 5.65 Å². The number of rotatable bonds is 5. The van der Waals surface area contributed by atoms with E-state index in [9.17, 15) is 9.59 Å². The average molecular weight is 491 g/mol. The zero-order valence-corrected chi connectivity index (χ0v) is 20.6. The highest BCUT2D eigenvalue weighted by molar-refractivity contribution is 6.01. The minimum atomic E-state index is -0.505. The Morgan fingerprint density at radius 1 is 1.14 bits per heavy atom. The van der Waals surface area contributed by atoms with Gasteiger partial charge < -0.3 is 11.1 Å². The van der Waals surface area contributed by atoms with Crippen LogP contribution in [0.25, 0.3) is 22.1 Å². The van der Waals surface area contributed by atoms with E-state index in [0.717, 1.165) is 5.39 Å². The third kappa shape index (κ3) is 4.48. The fraction of sp³-hybridized carbons (Fsp3) is 0.172. The molecular weight excluding hydrogens is 464 g/mol. The number of carbonyl (C=O) groups is 1. The van der Waals surface area contributed by atoms with Gasteiger partial charge >= 0.3 is 0 Å². The monoisotopic (exact) mass is 490 g/mol. The fourth-order valence-corrected chi connectivity index (χ4v) is 4.48. The van der Waals surface area contributed by atoms with Crippen LogP contribution in [0.5, 0.6) is 0 Å². The highest BCUT2D eigenvalue weighted by Gasteiger charge is 2.23. The van der Waals surface area contributed by atoms with E-state index in [0.29, 0.717) is 52.2 Å². The zero-order valence-electron chi connectivity index (χ0n) is 20.6. The number of nitrogens with zero attached hydrogens (tertiary/aromatic N) is 4. The summed E-state index contributed by atoms with van der Waals surface area (Å²) in [7, 11) is 0. The number of amides is 1. The van der Waals surface area contributed by atoms with Gasteiger partial charge in [0, 0.05) is 42.3 Å². The van der Waals surface area contributed by atoms with E-state index in [1.54, 1.807) is 34.5 Å². The number of nitrogens with one attached hydrogen (secondary N) is 1. The number of carbonyl (C=O) groups excluding carboxylic acids is 1. The van der Waals surface area contributed by atoms with Gasteiger partial charge in [-0.2, -0.15) is 5.10 Å². The maximum Gasteiger partial charge on any atom is 0.264 e. The third-order valence-electron chi connectivity index (χ3n) is 6.17. The second-order valence-electron chi connectivity index (χ2n) is 8.70. The predicted molar refractivity (Wildman–Crippen MR) is 144 cm³/mol. The maximum atomic E-state index is 14.0. The van der Waals surface area contributed by atoms with E-state index in [4.69, 9.17) is 5.73 Å². The Morgan fingerprint density at radius 2 is 1.95 bits per heavy atom. The van der Waals surface area contributed by atoms with Gasteiger partial charge in [-0.1, -0.05) is 42.2 Å². The van der Waals surface area contributed by atoms with Crippen molar-refractivity contribution in [3.8, 4) is 17.5 Å². The van der Waals surface area contributed by atoms with Crippen LogP contribution in [0, 0.1) is 18.8 Å². The molecule has 0 spiro atoms. The van der Waals surface area contributed by atoms with E-state index >= 15 is 0 Å². The van der Waals surface area contributed by atoms with Crippen molar-refractivity contribution in [2.75, 3.05) is 6.54 Å². The largest absolute Gasteiger partial charge is 0.344 e. The minimum absolute atomic E-state index is 0.203. The van der Waals surface area contributed by atoms with Gasteiger partial charge in [-0.15, -0.1) is 0 Å². The Morgan fingerprint density at radius 3 is 2.73 bits per heavy atom. The molecule has 5 aromatic rings. The Hall–Kier alpha value is -4.74. The molecule has 0 aliphatic rings. The van der Waals surface area contributed by atoms with Crippen molar-refractivity contribution in [3.05, 3.63) is 106 Å². The van der Waals surface area contributed by atoms with Gasteiger partial charge in [0.05, 0.1) is 17.1 Å². The first kappa shape index (κ1) is 24.0. The number of hydrogen-bond acceptors (Lipinski definition) is 5. The first-order valence-corrected chi connectivity index (χ1v) is 12.0. The molecule has 5 rings (SSSR count). The lowest BCUT2D eigenvalue weighted by Gasteiger charge is -2.21. The molecule has 1 amide bonds. The second kappa shape index (κ2) is 10.1. The van der Waals surface area contributed by atoms with Crippen LogP contribution in [-0.4, -0.2) is 31.6 Å². The number of aryl methyl sites for hydroxylation is 1. The van der Waals surface area contributed by atoms with Gasteiger partial charge in [-0.25, -0.2) is 9.50 Å². The van der Waals surface area contributed by atoms with Gasteiger partial charge in [-0.05, 0) is 49.6 Å². The summed E-state index contributed by atoms with van der Waals surface area (Å²) in [6.07, 6.45) is 3.92. The van der Waals surface area contributed by atoms with Crippen molar-refractivity contribution in [1.82, 2.24) is 24.5 Å². The van der Waals surface area contributed by atoms with E-state index < -0.39 is 6.04 Å². The zero-order chi connectivity index (χ0) is 25.9. The Labute approximate surface area is 213 Å². The third-order valence-corrected chi connectivity index (χ3v) is 6.17. The Kier molecular flexibility index (Phi) is 6.54. The molecule has 184 valence electrons. The highest BCUT2D eigenvalue weighted by atomic mass is 16.2. The summed E-state index contributed by atoms with van der Waals surface area (Å²) in [5.74, 6) is 5.82. The molecule has 0 radical (unpaired) electrons. The first-order valence-electron chi connectivity index (χ1n) is 12.0. The summed E-state index contributed by atoms with van der Waals surface area (Å²) >= 11 is 0. The number of fused-ring (bicyclic) bond motifs is 2. The van der Waals surface area contributed by atoms with E-state index in [2.05, 4.69) is 27.2 Å². The lowest BCUT2D eigenvalue weighted by Crippen LogP contribution is -2.32. The number of para-hydroxylation sites is 1. The molecule has 8 heteroatoms. The van der Waals surface area contributed by atoms with Crippen LogP contribution in [0.2, 0.25) is 0 Å². The molecule has 0 saturated heterocycles. The SMILES string of the molecule is Cc1nn2cccnc2c1C(=O)N[C@@H](C)c1cc2cccc(C#CCCN)c2c(=O)n1-c1ccccc1. The molecule has 8 nitrogen and oxygen atoms in total. The van der Waals surface area contributed by atoms with E-state index in [1.807, 2.05) is 61.5 Å². The number of pyridine rings is 1. The molecule has 3 N–H and O–H groups in total. The van der Waals surface area contributed by atoms with Crippen molar-refractivity contribution in [3.63, 3.8) is 0 Å². The number of benzene rings is 2. The highest BCUT2D eigenvalue weighted by Crippen LogP contribution is 2.24. The fourth-order valence-electron chi connectivity index (χ4n) is 4.48. The minimum Gasteiger partial charge on any atom is -0.344 e. The lowest BCUT2D eigenvalue weighted by molar-refractivity contribution is 0.0939. The van der Waals surface area contributed by atoms with Crippen LogP contribution in [-0.2, 0) is 0 Å². The van der Waals surface area contributed by atoms with Crippen LogP contribution in [0.1, 0.15) is 46.7 Å². The molecule has 0 bridgehead atoms. The lowest BCUT2D eigenvalue weighted by atomic mass is 10.0. The molecule has 3 aromatic heterocycles. The van der Waals surface area contributed by atoms with Crippen LogP contribution < -0.4 is 16.6 Å². The maximum absolute atomic E-state index is 14.0. The smallest absolute Gasteiger partial charge is 0.264 e. The van der Waals surface area contributed by atoms with Crippen molar-refractivity contribution in [2.24, 2.45) is 5.73 Å². The van der Waals surface area contributed by atoms with Gasteiger partial charge in [0.1, 0.15) is 5.56 Å². The van der Waals surface area contributed by atoms with Crippen LogP contribution in [0.3, 0.4) is 0 Å². The van der Waals surface area contributed by atoms with E-state index in [1.165, 1.54) is 0 Å². The Balaban J connectivity index is 1.64. The average Bonchev–Trinajstić information content (AvgIpc) is 3.24. The number of nitrogens with two attached hydrogens (primary N) is 1. The van der Waals surface area contributed by atoms with Crippen molar-refractivity contribution in [2.45, 2.75) is 26.3 Å². The summed E-state index contributed by atoms with van der Waals surface area (Å²) in [6.45, 7) is 4.09. The molecule has 0 saturated carbocycles. The number of hydrogen-bond donors (Lipinski definition) is 2. The van der Waals surface area contributed by atoms with Crippen molar-refractivity contribution >= 4 is 22.3 Å². The molecule has 1 atom stereocenters. The summed E-state index contributed by atoms with van der Waals surface area (Å²) in [5.41, 5.74) is 8.83. The van der Waals surface area contributed by atoms with Crippen LogP contribution in [0.15, 0.2) is 77.9 Å². The molecular formula is C29H26N6O2. The molecule has 0 unspecified atom stereocenters. The van der Waals surface area contributed by atoms with Crippen LogP contribution >= 0.6 is 0 Å². The van der Waals surface area contributed by atoms with Crippen molar-refractivity contribution < 1.29 is 4.79 Å². The molecule has 3 heterocycles. The predicted octanol–water partition coefficient (Wildman–Crippen LogP) is 3.53. The second-order valence-corrected chi connectivity index (χ2v) is 8.70. The quantitative estimate of drug-likeness (QED) is 0.367. The normalized spacial score (nSPS) is 11.8. The van der Waals surface area contributed by atoms with Crippen molar-refractivity contribution in [1.29, 1.82) is 0 Å². The summed E-state index contributed by atoms with van der Waals surface area (Å²) in [5, 5.41) is 8.73. The van der Waals surface area contributed by atoms with Gasteiger partial charge in [-0.3, -0.25) is 14.2 Å². The number of aromatic nitrogens is 4. The molecule has 0 aliphatic heterocycles. The molecule has 37 heavy (non-hydrogen) atoms. The van der Waals surface area contributed by atoms with Gasteiger partial charge in [0.2, 0.25) is 0 Å². The standard InChI is InChI=1S/C29H26N6O2/c1-19(32-28(36)25-20(2)33-34-17-9-16-31-27(25)34)24-18-22-12-8-11-21(10-6-7-15-30)26(22)29(37)35(24)23-13-4-3-5-14-23/h3-5,8-9,11-14,16-19H,7,15,30H2,1-2H3,(H,32,36)/t19-/m0/s1. The summed E-state index contributed by atoms with van der Waals surface area (Å²) < 4.78 is 3.22. The topological polar surface area (TPSA) is 107 Å². The molecule has 2 aromatic carbocycles. The van der Waals surface area contributed by atoms with Gasteiger partial charge in [0.25, 0.3) is 11.5 Å². The Bertz CT molecular complexity index is 1740. The summed E-state index contributed by atoms with van der Waals surface area (Å²) in [6, 6.07) is 18.2. The van der Waals surface area contributed by atoms with E-state index in [-0.39, 0.29) is 11.5 Å². The molecule has 0 fully saturated rings.